The Morgan fingerprint density at radius 3 is 2.81 bits per heavy atom. The first-order valence-corrected chi connectivity index (χ1v) is 6.41. The van der Waals surface area contributed by atoms with E-state index in [0.29, 0.717) is 15.8 Å². The number of halogens is 1. The van der Waals surface area contributed by atoms with Crippen molar-refractivity contribution in [2.45, 2.75) is 0 Å². The number of hydrogen-bond donors (Lipinski definition) is 0. The minimum atomic E-state index is -0.0444. The van der Waals surface area contributed by atoms with Crippen LogP contribution in [0.2, 0.25) is 0 Å². The third-order valence-electron chi connectivity index (χ3n) is 2.06. The number of aliphatic imine (C=N–C) groups is 1. The first kappa shape index (κ1) is 11.7. The van der Waals surface area contributed by atoms with Crippen LogP contribution in [0.3, 0.4) is 0 Å². The Balaban J connectivity index is 2.30. The molecule has 1 aromatic rings. The van der Waals surface area contributed by atoms with Gasteiger partial charge in [-0.2, -0.15) is 0 Å². The Morgan fingerprint density at radius 2 is 2.31 bits per heavy atom. The zero-order valence-electron chi connectivity index (χ0n) is 8.73. The normalized spacial score (nSPS) is 21.4. The highest BCUT2D eigenvalue weighted by atomic mass is 127. The molecule has 0 bridgehead atoms. The highest BCUT2D eigenvalue weighted by molar-refractivity contribution is 14.1. The summed E-state index contributed by atoms with van der Waals surface area (Å²) in [6.45, 7) is 0. The van der Waals surface area contributed by atoms with Crippen LogP contribution in [0.1, 0.15) is 5.76 Å². The predicted molar refractivity (Wildman–Crippen MR) is 73.1 cm³/mol. The standard InChI is InChI=1S/C10H9IN2O2S/c1-12-10-13(2)9(14)7(16-10)5-6-3-4-8(11)15-6/h3-5H,1-2H3. The molecule has 6 heteroatoms. The lowest BCUT2D eigenvalue weighted by molar-refractivity contribution is -0.121. The Kier molecular flexibility index (Phi) is 3.38. The number of hydrogen-bond acceptors (Lipinski definition) is 4. The number of carbonyl (C=O) groups excluding carboxylic acids is 1. The average Bonchev–Trinajstić information content (AvgIpc) is 2.78. The molecule has 1 amide bonds. The van der Waals surface area contributed by atoms with Crippen LogP contribution in [-0.4, -0.2) is 30.1 Å². The van der Waals surface area contributed by atoms with Crippen LogP contribution < -0.4 is 0 Å². The zero-order valence-corrected chi connectivity index (χ0v) is 11.7. The number of thioether (sulfide) groups is 1. The van der Waals surface area contributed by atoms with E-state index in [1.54, 1.807) is 20.2 Å². The molecule has 1 fully saturated rings. The van der Waals surface area contributed by atoms with Crippen molar-refractivity contribution < 1.29 is 9.21 Å². The molecule has 0 spiro atoms. The summed E-state index contributed by atoms with van der Waals surface area (Å²) in [5.74, 6) is 0.642. The van der Waals surface area contributed by atoms with Crippen LogP contribution in [0.4, 0.5) is 0 Å². The first-order chi connectivity index (χ1) is 7.61. The number of likely N-dealkylation sites (N-methyl/N-ethyl adjacent to an activating group) is 1. The molecular weight excluding hydrogens is 339 g/mol. The monoisotopic (exact) mass is 348 g/mol. The van der Waals surface area contributed by atoms with Gasteiger partial charge in [-0.3, -0.25) is 14.7 Å². The molecule has 1 saturated heterocycles. The van der Waals surface area contributed by atoms with Gasteiger partial charge in [-0.1, -0.05) is 0 Å². The molecule has 16 heavy (non-hydrogen) atoms. The van der Waals surface area contributed by atoms with Gasteiger partial charge < -0.3 is 4.42 Å². The summed E-state index contributed by atoms with van der Waals surface area (Å²) < 4.78 is 6.19. The zero-order chi connectivity index (χ0) is 11.7. The van der Waals surface area contributed by atoms with E-state index in [1.165, 1.54) is 16.7 Å². The van der Waals surface area contributed by atoms with Crippen molar-refractivity contribution in [2.75, 3.05) is 14.1 Å². The highest BCUT2D eigenvalue weighted by Gasteiger charge is 2.29. The minimum Gasteiger partial charge on any atom is -0.451 e. The number of amides is 1. The van der Waals surface area contributed by atoms with E-state index in [9.17, 15) is 4.79 Å². The fourth-order valence-electron chi connectivity index (χ4n) is 1.28. The van der Waals surface area contributed by atoms with E-state index >= 15 is 0 Å². The molecule has 0 saturated carbocycles. The third kappa shape index (κ3) is 2.17. The molecule has 0 unspecified atom stereocenters. The number of carbonyl (C=O) groups is 1. The molecule has 0 radical (unpaired) electrons. The quantitative estimate of drug-likeness (QED) is 0.578. The highest BCUT2D eigenvalue weighted by Crippen LogP contribution is 2.31. The van der Waals surface area contributed by atoms with E-state index in [1.807, 2.05) is 12.1 Å². The maximum Gasteiger partial charge on any atom is 0.266 e. The second-order valence-corrected chi connectivity index (χ2v) is 5.20. The maximum atomic E-state index is 11.8. The fourth-order valence-corrected chi connectivity index (χ4v) is 2.63. The van der Waals surface area contributed by atoms with Gasteiger partial charge in [0.1, 0.15) is 5.76 Å². The summed E-state index contributed by atoms with van der Waals surface area (Å²) in [6.07, 6.45) is 1.74. The van der Waals surface area contributed by atoms with Gasteiger partial charge in [0.25, 0.3) is 5.91 Å². The molecule has 4 nitrogen and oxygen atoms in total. The minimum absolute atomic E-state index is 0.0444. The molecule has 1 aliphatic heterocycles. The van der Waals surface area contributed by atoms with Crippen molar-refractivity contribution in [3.05, 3.63) is 26.6 Å². The lowest BCUT2D eigenvalue weighted by Crippen LogP contribution is -2.23. The van der Waals surface area contributed by atoms with Crippen molar-refractivity contribution in [3.63, 3.8) is 0 Å². The second-order valence-electron chi connectivity index (χ2n) is 3.12. The molecular formula is C10H9IN2O2S. The van der Waals surface area contributed by atoms with Gasteiger partial charge in [0.2, 0.25) is 0 Å². The molecule has 0 atom stereocenters. The smallest absolute Gasteiger partial charge is 0.266 e. The molecule has 2 heterocycles. The topological polar surface area (TPSA) is 45.8 Å². The molecule has 84 valence electrons. The van der Waals surface area contributed by atoms with E-state index in [0.717, 1.165) is 3.77 Å². The van der Waals surface area contributed by atoms with Gasteiger partial charge in [-0.15, -0.1) is 0 Å². The summed E-state index contributed by atoms with van der Waals surface area (Å²) in [6, 6.07) is 3.69. The Morgan fingerprint density at radius 1 is 1.56 bits per heavy atom. The van der Waals surface area contributed by atoms with Crippen molar-refractivity contribution in [3.8, 4) is 0 Å². The first-order valence-electron chi connectivity index (χ1n) is 4.51. The third-order valence-corrected chi connectivity index (χ3v) is 3.79. The lowest BCUT2D eigenvalue weighted by Gasteiger charge is -2.04. The molecule has 1 aromatic heterocycles. The van der Waals surface area contributed by atoms with E-state index < -0.39 is 0 Å². The van der Waals surface area contributed by atoms with Gasteiger partial charge >= 0.3 is 0 Å². The van der Waals surface area contributed by atoms with Crippen molar-refractivity contribution in [2.24, 2.45) is 4.99 Å². The van der Waals surface area contributed by atoms with Crippen molar-refractivity contribution in [1.82, 2.24) is 4.90 Å². The van der Waals surface area contributed by atoms with Crippen LogP contribution in [0.15, 0.2) is 26.4 Å². The van der Waals surface area contributed by atoms with Gasteiger partial charge in [-0.05, 0) is 46.5 Å². The second kappa shape index (κ2) is 4.62. The van der Waals surface area contributed by atoms with Crippen LogP contribution >= 0.6 is 34.4 Å². The molecule has 2 rings (SSSR count). The number of amidine groups is 1. The van der Waals surface area contributed by atoms with Crippen LogP contribution in [0, 0.1) is 3.77 Å². The Hall–Kier alpha value is -0.760. The SMILES string of the molecule is CN=C1SC(=Cc2ccc(I)o2)C(=O)N1C. The van der Waals surface area contributed by atoms with Gasteiger partial charge in [-0.25, -0.2) is 0 Å². The van der Waals surface area contributed by atoms with Crippen LogP contribution in [-0.2, 0) is 4.79 Å². The van der Waals surface area contributed by atoms with Crippen LogP contribution in [0.5, 0.6) is 0 Å². The Bertz CT molecular complexity index is 493. The van der Waals surface area contributed by atoms with Gasteiger partial charge in [0, 0.05) is 20.2 Å². The maximum absolute atomic E-state index is 11.8. The number of rotatable bonds is 1. The van der Waals surface area contributed by atoms with Gasteiger partial charge in [0.05, 0.1) is 4.91 Å². The summed E-state index contributed by atoms with van der Waals surface area (Å²) >= 11 is 3.44. The molecule has 0 aromatic carbocycles. The number of furan rings is 1. The van der Waals surface area contributed by atoms with E-state index in [2.05, 4.69) is 27.6 Å². The Labute approximate surface area is 111 Å². The lowest BCUT2D eigenvalue weighted by atomic mass is 10.4. The van der Waals surface area contributed by atoms with Crippen LogP contribution in [0.25, 0.3) is 6.08 Å². The summed E-state index contributed by atoms with van der Waals surface area (Å²) in [7, 11) is 3.38. The number of nitrogens with zero attached hydrogens (tertiary/aromatic N) is 2. The fraction of sp³-hybridized carbons (Fsp3) is 0.200. The van der Waals surface area contributed by atoms with Crippen molar-refractivity contribution in [1.29, 1.82) is 0 Å². The summed E-state index contributed by atoms with van der Waals surface area (Å²) in [4.78, 5) is 18.0. The molecule has 0 N–H and O–H groups in total. The molecule has 0 aliphatic carbocycles. The molecule has 1 aliphatic rings. The average molecular weight is 348 g/mol. The summed E-state index contributed by atoms with van der Waals surface area (Å²) in [5.41, 5.74) is 0. The van der Waals surface area contributed by atoms with E-state index in [-0.39, 0.29) is 5.91 Å². The summed E-state index contributed by atoms with van der Waals surface area (Å²) in [5, 5.41) is 0.706. The predicted octanol–water partition coefficient (Wildman–Crippen LogP) is 2.42. The largest absolute Gasteiger partial charge is 0.451 e. The van der Waals surface area contributed by atoms with Crippen molar-refractivity contribution >= 4 is 51.5 Å². The van der Waals surface area contributed by atoms with Gasteiger partial charge in [0.15, 0.2) is 8.93 Å². The van der Waals surface area contributed by atoms with E-state index in [4.69, 9.17) is 4.42 Å².